The van der Waals surface area contributed by atoms with Crippen LogP contribution in [-0.2, 0) is 13.5 Å². The van der Waals surface area contributed by atoms with E-state index in [4.69, 9.17) is 4.74 Å². The van der Waals surface area contributed by atoms with Crippen LogP contribution in [0.3, 0.4) is 0 Å². The molecular formula is C24H28NO+. The molecule has 0 aliphatic carbocycles. The normalized spacial score (nSPS) is 12.9. The van der Waals surface area contributed by atoms with E-state index >= 15 is 0 Å². The molecule has 0 N–H and O–H groups in total. The van der Waals surface area contributed by atoms with Crippen molar-refractivity contribution in [3.05, 3.63) is 52.7 Å². The van der Waals surface area contributed by atoms with E-state index in [1.54, 1.807) is 0 Å². The van der Waals surface area contributed by atoms with E-state index < -0.39 is 0 Å². The largest absolute Gasteiger partial charge is 0.449 e. The standard InChI is InChI=1S/C24H28NO/c1-14-10-18-12-15(2)16(3)20-21(18)19(11-14)26-23-17(13-24(4,5)6)8-9-25(7)22(20)23/h8-12H,13H2,1-7H3/q+1. The van der Waals surface area contributed by atoms with Crippen LogP contribution in [-0.4, -0.2) is 0 Å². The van der Waals surface area contributed by atoms with E-state index in [1.807, 2.05) is 0 Å². The second-order valence-corrected chi connectivity index (χ2v) is 9.02. The molecule has 0 saturated carbocycles. The third-order valence-electron chi connectivity index (χ3n) is 5.39. The van der Waals surface area contributed by atoms with E-state index in [9.17, 15) is 0 Å². The van der Waals surface area contributed by atoms with Crippen molar-refractivity contribution >= 4 is 10.8 Å². The summed E-state index contributed by atoms with van der Waals surface area (Å²) in [6, 6.07) is 8.95. The summed E-state index contributed by atoms with van der Waals surface area (Å²) >= 11 is 0. The maximum atomic E-state index is 6.56. The lowest BCUT2D eigenvalue weighted by Gasteiger charge is -2.26. The van der Waals surface area contributed by atoms with Crippen LogP contribution in [0.15, 0.2) is 30.5 Å². The molecule has 1 aromatic heterocycles. The maximum Gasteiger partial charge on any atom is 0.256 e. The molecule has 0 saturated heterocycles. The van der Waals surface area contributed by atoms with Gasteiger partial charge in [0.1, 0.15) is 12.8 Å². The SMILES string of the molecule is Cc1cc2c3c(c(C)c(C)cc3c1)-c1c(c(CC(C)(C)C)cc[n+]1C)O2. The van der Waals surface area contributed by atoms with Crippen LogP contribution in [0.25, 0.3) is 22.0 Å². The Balaban J connectivity index is 2.12. The molecular weight excluding hydrogens is 318 g/mol. The summed E-state index contributed by atoms with van der Waals surface area (Å²) in [7, 11) is 2.12. The predicted molar refractivity (Wildman–Crippen MR) is 108 cm³/mol. The lowest BCUT2D eigenvalue weighted by atomic mass is 9.85. The van der Waals surface area contributed by atoms with Gasteiger partial charge < -0.3 is 4.74 Å². The molecule has 1 aliphatic rings. The van der Waals surface area contributed by atoms with Gasteiger partial charge in [-0.05, 0) is 60.7 Å². The topological polar surface area (TPSA) is 13.1 Å². The zero-order chi connectivity index (χ0) is 18.8. The minimum Gasteiger partial charge on any atom is -0.449 e. The highest BCUT2D eigenvalue weighted by Gasteiger charge is 2.32. The first kappa shape index (κ1) is 17.1. The fourth-order valence-electron chi connectivity index (χ4n) is 4.15. The van der Waals surface area contributed by atoms with Crippen LogP contribution in [0.2, 0.25) is 0 Å². The Hall–Kier alpha value is -2.35. The molecule has 4 rings (SSSR count). The third-order valence-corrected chi connectivity index (χ3v) is 5.39. The predicted octanol–water partition coefficient (Wildman–Crippen LogP) is 5.95. The van der Waals surface area contributed by atoms with Crippen molar-refractivity contribution in [2.75, 3.05) is 0 Å². The molecule has 3 aromatic rings. The Morgan fingerprint density at radius 3 is 2.46 bits per heavy atom. The van der Waals surface area contributed by atoms with Crippen LogP contribution < -0.4 is 9.30 Å². The molecule has 26 heavy (non-hydrogen) atoms. The smallest absolute Gasteiger partial charge is 0.256 e. The molecule has 0 unspecified atom stereocenters. The number of rotatable bonds is 1. The van der Waals surface area contributed by atoms with Gasteiger partial charge in [-0.3, -0.25) is 0 Å². The number of hydrogen-bond donors (Lipinski definition) is 0. The second-order valence-electron chi connectivity index (χ2n) is 9.02. The minimum atomic E-state index is 0.209. The van der Waals surface area contributed by atoms with Gasteiger partial charge in [-0.2, -0.15) is 4.57 Å². The molecule has 0 amide bonds. The first-order chi connectivity index (χ1) is 12.2. The molecule has 0 bridgehead atoms. The lowest BCUT2D eigenvalue weighted by molar-refractivity contribution is -0.660. The van der Waals surface area contributed by atoms with Crippen LogP contribution >= 0.6 is 0 Å². The first-order valence-corrected chi connectivity index (χ1v) is 9.40. The Kier molecular flexibility index (Phi) is 3.66. The van der Waals surface area contributed by atoms with E-state index in [0.29, 0.717) is 0 Å². The number of aromatic nitrogens is 1. The Morgan fingerprint density at radius 2 is 1.77 bits per heavy atom. The number of pyridine rings is 1. The van der Waals surface area contributed by atoms with Crippen molar-refractivity contribution in [1.29, 1.82) is 0 Å². The molecule has 0 radical (unpaired) electrons. The molecule has 2 heterocycles. The zero-order valence-corrected chi connectivity index (χ0v) is 16.9. The minimum absolute atomic E-state index is 0.209. The number of nitrogens with zero attached hydrogens (tertiary/aromatic N) is 1. The highest BCUT2D eigenvalue weighted by molar-refractivity contribution is 6.05. The fourth-order valence-corrected chi connectivity index (χ4v) is 4.15. The highest BCUT2D eigenvalue weighted by Crippen LogP contribution is 2.49. The summed E-state index contributed by atoms with van der Waals surface area (Å²) in [6.45, 7) is 13.4. The van der Waals surface area contributed by atoms with Gasteiger partial charge in [0.15, 0.2) is 6.20 Å². The van der Waals surface area contributed by atoms with Crippen LogP contribution in [0.5, 0.6) is 11.5 Å². The summed E-state index contributed by atoms with van der Waals surface area (Å²) in [6.07, 6.45) is 3.17. The van der Waals surface area contributed by atoms with Crippen molar-refractivity contribution in [3.63, 3.8) is 0 Å². The quantitative estimate of drug-likeness (QED) is 0.388. The molecule has 2 heteroatoms. The molecule has 0 spiro atoms. The second kappa shape index (κ2) is 5.57. The lowest BCUT2D eigenvalue weighted by Crippen LogP contribution is -2.33. The van der Waals surface area contributed by atoms with Gasteiger partial charge in [0.2, 0.25) is 5.75 Å². The van der Waals surface area contributed by atoms with Gasteiger partial charge in [0, 0.05) is 17.0 Å². The number of fused-ring (bicyclic) bond motifs is 2. The number of hydrogen-bond acceptors (Lipinski definition) is 1. The number of benzene rings is 2. The molecule has 1 aliphatic heterocycles. The average molecular weight is 346 g/mol. The van der Waals surface area contributed by atoms with Gasteiger partial charge in [0.25, 0.3) is 5.69 Å². The van der Waals surface area contributed by atoms with Crippen molar-refractivity contribution in [2.45, 2.75) is 48.0 Å². The monoisotopic (exact) mass is 346 g/mol. The summed E-state index contributed by atoms with van der Waals surface area (Å²) in [5.74, 6) is 2.02. The molecule has 2 aromatic carbocycles. The Bertz CT molecular complexity index is 1050. The molecule has 0 atom stereocenters. The Labute approximate surface area is 156 Å². The molecule has 0 fully saturated rings. The fraction of sp³-hybridized carbons (Fsp3) is 0.375. The van der Waals surface area contributed by atoms with E-state index in [0.717, 1.165) is 17.9 Å². The van der Waals surface area contributed by atoms with Crippen LogP contribution in [0, 0.1) is 26.2 Å². The summed E-state index contributed by atoms with van der Waals surface area (Å²) in [4.78, 5) is 0. The van der Waals surface area contributed by atoms with Crippen LogP contribution in [0.1, 0.15) is 43.0 Å². The van der Waals surface area contributed by atoms with E-state index in [1.165, 1.54) is 44.3 Å². The molecule has 2 nitrogen and oxygen atoms in total. The summed E-state index contributed by atoms with van der Waals surface area (Å²) < 4.78 is 8.78. The average Bonchev–Trinajstić information content (AvgIpc) is 2.52. The number of ether oxygens (including phenoxy) is 1. The maximum absolute atomic E-state index is 6.56. The van der Waals surface area contributed by atoms with Crippen molar-refractivity contribution in [1.82, 2.24) is 0 Å². The van der Waals surface area contributed by atoms with Gasteiger partial charge in [-0.25, -0.2) is 0 Å². The van der Waals surface area contributed by atoms with Gasteiger partial charge in [0.05, 0.1) is 5.56 Å². The Morgan fingerprint density at radius 1 is 1.04 bits per heavy atom. The number of aryl methyl sites for hydroxylation is 3. The zero-order valence-electron chi connectivity index (χ0n) is 16.9. The van der Waals surface area contributed by atoms with Gasteiger partial charge in [-0.1, -0.05) is 32.9 Å². The van der Waals surface area contributed by atoms with Gasteiger partial charge >= 0.3 is 0 Å². The highest BCUT2D eigenvalue weighted by atomic mass is 16.5. The van der Waals surface area contributed by atoms with Crippen molar-refractivity contribution < 1.29 is 9.30 Å². The first-order valence-electron chi connectivity index (χ1n) is 9.40. The third kappa shape index (κ3) is 2.59. The molecule has 134 valence electrons. The van der Waals surface area contributed by atoms with E-state index in [-0.39, 0.29) is 5.41 Å². The van der Waals surface area contributed by atoms with E-state index in [2.05, 4.69) is 83.6 Å². The van der Waals surface area contributed by atoms with Gasteiger partial charge in [-0.15, -0.1) is 0 Å². The van der Waals surface area contributed by atoms with Crippen LogP contribution in [0.4, 0.5) is 0 Å². The summed E-state index contributed by atoms with van der Waals surface area (Å²) in [5, 5.41) is 2.51. The van der Waals surface area contributed by atoms with Crippen molar-refractivity contribution in [2.24, 2.45) is 12.5 Å². The van der Waals surface area contributed by atoms with Crippen molar-refractivity contribution in [3.8, 4) is 22.8 Å². The summed E-state index contributed by atoms with van der Waals surface area (Å²) in [5.41, 5.74) is 7.94.